The van der Waals surface area contributed by atoms with Gasteiger partial charge in [-0.15, -0.1) is 0 Å². The maximum Gasteiger partial charge on any atom is 0.255 e. The van der Waals surface area contributed by atoms with E-state index in [2.05, 4.69) is 10.6 Å². The number of rotatable bonds is 4. The van der Waals surface area contributed by atoms with Crippen molar-refractivity contribution in [3.63, 3.8) is 0 Å². The number of carbonyl (C=O) groups excluding carboxylic acids is 2. The Labute approximate surface area is 130 Å². The summed E-state index contributed by atoms with van der Waals surface area (Å²) in [5.41, 5.74) is 2.95. The Hall–Kier alpha value is -2.62. The molecule has 0 heterocycles. The van der Waals surface area contributed by atoms with E-state index < -0.39 is 0 Å². The molecule has 0 saturated heterocycles. The van der Waals surface area contributed by atoms with Gasteiger partial charge in [0.15, 0.2) is 0 Å². The highest BCUT2D eigenvalue weighted by Crippen LogP contribution is 2.17. The maximum absolute atomic E-state index is 12.2. The van der Waals surface area contributed by atoms with Gasteiger partial charge in [0, 0.05) is 22.9 Å². The highest BCUT2D eigenvalue weighted by atomic mass is 16.2. The topological polar surface area (TPSA) is 58.2 Å². The van der Waals surface area contributed by atoms with E-state index in [1.165, 1.54) is 0 Å². The first-order chi connectivity index (χ1) is 10.5. The molecule has 0 saturated carbocycles. The lowest BCUT2D eigenvalue weighted by Crippen LogP contribution is -2.18. The summed E-state index contributed by atoms with van der Waals surface area (Å²) in [5.74, 6) is -0.316. The fraction of sp³-hybridized carbons (Fsp3) is 0.222. The highest BCUT2D eigenvalue weighted by Gasteiger charge is 2.09. The Morgan fingerprint density at radius 1 is 0.909 bits per heavy atom. The average Bonchev–Trinajstić information content (AvgIpc) is 2.47. The molecule has 0 spiro atoms. The lowest BCUT2D eigenvalue weighted by molar-refractivity contribution is -0.118. The Morgan fingerprint density at radius 2 is 1.55 bits per heavy atom. The van der Waals surface area contributed by atoms with E-state index in [4.69, 9.17) is 0 Å². The van der Waals surface area contributed by atoms with Crippen LogP contribution in [0.5, 0.6) is 0 Å². The van der Waals surface area contributed by atoms with E-state index in [9.17, 15) is 9.59 Å². The van der Waals surface area contributed by atoms with Gasteiger partial charge in [-0.1, -0.05) is 37.6 Å². The highest BCUT2D eigenvalue weighted by molar-refractivity contribution is 6.04. The molecular weight excluding hydrogens is 276 g/mol. The molecular formula is C18H20N2O2. The van der Waals surface area contributed by atoms with Crippen LogP contribution in [0, 0.1) is 12.8 Å². The third-order valence-corrected chi connectivity index (χ3v) is 3.19. The zero-order valence-corrected chi connectivity index (χ0v) is 13.0. The average molecular weight is 296 g/mol. The largest absolute Gasteiger partial charge is 0.326 e. The molecule has 2 N–H and O–H groups in total. The Bertz CT molecular complexity index is 693. The van der Waals surface area contributed by atoms with Crippen LogP contribution in [0.2, 0.25) is 0 Å². The molecule has 2 amide bonds. The van der Waals surface area contributed by atoms with E-state index in [0.717, 1.165) is 5.56 Å². The lowest BCUT2D eigenvalue weighted by Gasteiger charge is -2.10. The number of nitrogens with one attached hydrogen (secondary N) is 2. The molecule has 2 aromatic carbocycles. The molecule has 0 atom stereocenters. The molecule has 2 rings (SSSR count). The third-order valence-electron chi connectivity index (χ3n) is 3.19. The molecule has 114 valence electrons. The number of aryl methyl sites for hydroxylation is 1. The SMILES string of the molecule is Cc1cccc(C(=O)Nc2cccc(NC(=O)C(C)C)c2)c1. The summed E-state index contributed by atoms with van der Waals surface area (Å²) < 4.78 is 0. The summed E-state index contributed by atoms with van der Waals surface area (Å²) >= 11 is 0. The molecule has 0 aliphatic carbocycles. The van der Waals surface area contributed by atoms with Crippen molar-refractivity contribution in [2.24, 2.45) is 5.92 Å². The summed E-state index contributed by atoms with van der Waals surface area (Å²) in [6, 6.07) is 14.5. The van der Waals surface area contributed by atoms with E-state index in [-0.39, 0.29) is 17.7 Å². The smallest absolute Gasteiger partial charge is 0.255 e. The van der Waals surface area contributed by atoms with Gasteiger partial charge in [-0.3, -0.25) is 9.59 Å². The van der Waals surface area contributed by atoms with Crippen molar-refractivity contribution < 1.29 is 9.59 Å². The predicted molar refractivity (Wildman–Crippen MR) is 89.0 cm³/mol. The van der Waals surface area contributed by atoms with E-state index in [1.54, 1.807) is 30.3 Å². The minimum Gasteiger partial charge on any atom is -0.326 e. The van der Waals surface area contributed by atoms with Gasteiger partial charge >= 0.3 is 0 Å². The fourth-order valence-electron chi connectivity index (χ4n) is 1.95. The second-order valence-electron chi connectivity index (χ2n) is 5.55. The molecule has 0 fully saturated rings. The van der Waals surface area contributed by atoms with Gasteiger partial charge in [-0.25, -0.2) is 0 Å². The number of anilines is 2. The van der Waals surface area contributed by atoms with Gasteiger partial charge in [0.25, 0.3) is 5.91 Å². The van der Waals surface area contributed by atoms with Gasteiger partial charge in [0.2, 0.25) is 5.91 Å². The van der Waals surface area contributed by atoms with Crippen molar-refractivity contribution >= 4 is 23.2 Å². The quantitative estimate of drug-likeness (QED) is 0.900. The molecule has 0 unspecified atom stereocenters. The van der Waals surface area contributed by atoms with Crippen LogP contribution in [0.1, 0.15) is 29.8 Å². The third kappa shape index (κ3) is 4.19. The Balaban J connectivity index is 2.10. The van der Waals surface area contributed by atoms with Crippen LogP contribution in [0.15, 0.2) is 48.5 Å². The van der Waals surface area contributed by atoms with Crippen molar-refractivity contribution in [1.29, 1.82) is 0 Å². The second kappa shape index (κ2) is 6.89. The molecule has 0 aliphatic heterocycles. The molecule has 0 aromatic heterocycles. The number of hydrogen-bond acceptors (Lipinski definition) is 2. The Morgan fingerprint density at radius 3 is 2.18 bits per heavy atom. The van der Waals surface area contributed by atoms with Crippen LogP contribution in [0.3, 0.4) is 0 Å². The van der Waals surface area contributed by atoms with Gasteiger partial charge in [-0.05, 0) is 37.3 Å². The van der Waals surface area contributed by atoms with Gasteiger partial charge < -0.3 is 10.6 Å². The van der Waals surface area contributed by atoms with E-state index >= 15 is 0 Å². The van der Waals surface area contributed by atoms with Crippen LogP contribution in [0.25, 0.3) is 0 Å². The first-order valence-electron chi connectivity index (χ1n) is 7.24. The van der Waals surface area contributed by atoms with Crippen LogP contribution in [0.4, 0.5) is 11.4 Å². The number of carbonyl (C=O) groups is 2. The minimum absolute atomic E-state index is 0.0536. The van der Waals surface area contributed by atoms with Crippen LogP contribution < -0.4 is 10.6 Å². The fourth-order valence-corrected chi connectivity index (χ4v) is 1.95. The normalized spacial score (nSPS) is 10.4. The minimum atomic E-state index is -0.170. The number of amides is 2. The zero-order chi connectivity index (χ0) is 16.1. The van der Waals surface area contributed by atoms with Gasteiger partial charge in [-0.2, -0.15) is 0 Å². The standard InChI is InChI=1S/C18H20N2O2/c1-12(2)17(21)19-15-8-5-9-16(11-15)20-18(22)14-7-4-6-13(3)10-14/h4-12H,1-3H3,(H,19,21)(H,20,22). The van der Waals surface area contributed by atoms with Gasteiger partial charge in [0.1, 0.15) is 0 Å². The molecule has 4 heteroatoms. The van der Waals surface area contributed by atoms with Gasteiger partial charge in [0.05, 0.1) is 0 Å². The summed E-state index contributed by atoms with van der Waals surface area (Å²) in [6.45, 7) is 5.61. The number of benzene rings is 2. The van der Waals surface area contributed by atoms with E-state index in [1.807, 2.05) is 39.0 Å². The predicted octanol–water partition coefficient (Wildman–Crippen LogP) is 3.84. The van der Waals surface area contributed by atoms with Crippen LogP contribution in [-0.4, -0.2) is 11.8 Å². The second-order valence-corrected chi connectivity index (χ2v) is 5.55. The molecule has 4 nitrogen and oxygen atoms in total. The van der Waals surface area contributed by atoms with Crippen molar-refractivity contribution in [3.8, 4) is 0 Å². The molecule has 0 radical (unpaired) electrons. The van der Waals surface area contributed by atoms with Crippen LogP contribution >= 0.6 is 0 Å². The maximum atomic E-state index is 12.2. The Kier molecular flexibility index (Phi) is 4.94. The summed E-state index contributed by atoms with van der Waals surface area (Å²) in [6.07, 6.45) is 0. The lowest BCUT2D eigenvalue weighted by atomic mass is 10.1. The summed E-state index contributed by atoms with van der Waals surface area (Å²) in [5, 5.41) is 5.65. The molecule has 22 heavy (non-hydrogen) atoms. The first kappa shape index (κ1) is 15.8. The van der Waals surface area contributed by atoms with Crippen molar-refractivity contribution in [2.45, 2.75) is 20.8 Å². The first-order valence-corrected chi connectivity index (χ1v) is 7.24. The van der Waals surface area contributed by atoms with Crippen molar-refractivity contribution in [2.75, 3.05) is 10.6 Å². The monoisotopic (exact) mass is 296 g/mol. The zero-order valence-electron chi connectivity index (χ0n) is 13.0. The summed E-state index contributed by atoms with van der Waals surface area (Å²) in [7, 11) is 0. The van der Waals surface area contributed by atoms with Crippen LogP contribution in [-0.2, 0) is 4.79 Å². The summed E-state index contributed by atoms with van der Waals surface area (Å²) in [4.78, 5) is 23.9. The molecule has 2 aromatic rings. The van der Waals surface area contributed by atoms with E-state index in [0.29, 0.717) is 16.9 Å². The number of hydrogen-bond donors (Lipinski definition) is 2. The van der Waals surface area contributed by atoms with Crippen molar-refractivity contribution in [3.05, 3.63) is 59.7 Å². The molecule has 0 bridgehead atoms. The molecule has 0 aliphatic rings. The van der Waals surface area contributed by atoms with Crippen molar-refractivity contribution in [1.82, 2.24) is 0 Å².